The highest BCUT2D eigenvalue weighted by atomic mass is 79.9. The Balaban J connectivity index is 0.000000184. The van der Waals surface area contributed by atoms with Gasteiger partial charge in [0.15, 0.2) is 0 Å². The van der Waals surface area contributed by atoms with Gasteiger partial charge in [0.1, 0.15) is 34.3 Å². The second-order valence-corrected chi connectivity index (χ2v) is 15.3. The van der Waals surface area contributed by atoms with Gasteiger partial charge in [-0.25, -0.2) is 18.7 Å². The van der Waals surface area contributed by atoms with Crippen LogP contribution in [-0.4, -0.2) is 34.1 Å². The Labute approximate surface area is 380 Å². The van der Waals surface area contributed by atoms with Crippen molar-refractivity contribution >= 4 is 37.7 Å². The zero-order valence-corrected chi connectivity index (χ0v) is 35.5. The summed E-state index contributed by atoms with van der Waals surface area (Å²) in [5.74, 6) is -2.03. The van der Waals surface area contributed by atoms with Crippen LogP contribution in [0.15, 0.2) is 161 Å². The SMILES string of the molecule is O=c1ncn(Cc2ccc(F)cc2-c2cccnc2)c2ccc(Oc3ncccc3C(F)(F)F)cc12.O=c1ncn(Cc2ccc(F)cc2Br)c2ccc(Oc3ncccc3C(F)(F)F)cc12. The molecule has 0 fully saturated rings. The predicted molar refractivity (Wildman–Crippen MR) is 233 cm³/mol. The summed E-state index contributed by atoms with van der Waals surface area (Å²) < 4.78 is 121. The maximum atomic E-state index is 14.0. The number of hydrogen-bond acceptors (Lipinski definition) is 9. The number of hydrogen-bond donors (Lipinski definition) is 0. The summed E-state index contributed by atoms with van der Waals surface area (Å²) in [6.07, 6.45) is -0.986. The Hall–Kier alpha value is -7.87. The first-order chi connectivity index (χ1) is 32.0. The normalized spacial score (nSPS) is 11.6. The van der Waals surface area contributed by atoms with E-state index < -0.39 is 58.0 Å². The molecule has 0 N–H and O–H groups in total. The van der Waals surface area contributed by atoms with Crippen molar-refractivity contribution in [1.82, 2.24) is 34.1 Å². The molecule has 0 aliphatic carbocycles. The molecule has 0 radical (unpaired) electrons. The summed E-state index contributed by atoms with van der Waals surface area (Å²) in [5, 5.41) is 0.298. The summed E-state index contributed by atoms with van der Waals surface area (Å²) in [7, 11) is 0. The smallest absolute Gasteiger partial charge is 0.421 e. The Morgan fingerprint density at radius 3 is 1.54 bits per heavy atom. The van der Waals surface area contributed by atoms with Crippen LogP contribution < -0.4 is 20.6 Å². The van der Waals surface area contributed by atoms with Gasteiger partial charge in [0.05, 0.1) is 41.0 Å². The number of rotatable bonds is 9. The molecule has 338 valence electrons. The van der Waals surface area contributed by atoms with E-state index in [1.807, 2.05) is 6.07 Å². The first-order valence-electron chi connectivity index (χ1n) is 19.5. The van der Waals surface area contributed by atoms with Crippen LogP contribution in [0.5, 0.6) is 23.3 Å². The molecule has 0 amide bonds. The number of nitrogens with zero attached hydrogens (tertiary/aromatic N) is 7. The maximum absolute atomic E-state index is 14.0. The van der Waals surface area contributed by atoms with Gasteiger partial charge in [0.25, 0.3) is 11.1 Å². The van der Waals surface area contributed by atoms with Crippen molar-refractivity contribution in [3.63, 3.8) is 0 Å². The van der Waals surface area contributed by atoms with E-state index in [-0.39, 0.29) is 35.4 Å². The third kappa shape index (κ3) is 10.5. The zero-order chi connectivity index (χ0) is 47.5. The van der Waals surface area contributed by atoms with E-state index in [0.29, 0.717) is 21.1 Å². The Bertz CT molecular complexity index is 3410. The van der Waals surface area contributed by atoms with Crippen LogP contribution in [0.3, 0.4) is 0 Å². The fourth-order valence-corrected chi connectivity index (χ4v) is 7.33. The van der Waals surface area contributed by atoms with E-state index in [1.54, 1.807) is 51.9 Å². The number of benzene rings is 4. The lowest BCUT2D eigenvalue weighted by Gasteiger charge is -2.15. The van der Waals surface area contributed by atoms with Crippen LogP contribution in [-0.2, 0) is 25.4 Å². The minimum Gasteiger partial charge on any atom is -0.438 e. The molecule has 0 saturated carbocycles. The van der Waals surface area contributed by atoms with Gasteiger partial charge in [-0.05, 0) is 108 Å². The number of halogens is 9. The van der Waals surface area contributed by atoms with Crippen LogP contribution >= 0.6 is 15.9 Å². The molecule has 5 heterocycles. The minimum atomic E-state index is -4.66. The molecule has 0 atom stereocenters. The molecular formula is C47H28BrF8N7O4. The van der Waals surface area contributed by atoms with Crippen LogP contribution in [0.1, 0.15) is 22.3 Å². The maximum Gasteiger partial charge on any atom is 0.421 e. The van der Waals surface area contributed by atoms with Crippen LogP contribution in [0.25, 0.3) is 32.9 Å². The average molecular weight is 987 g/mol. The number of pyridine rings is 3. The molecule has 0 bridgehead atoms. The molecule has 67 heavy (non-hydrogen) atoms. The Morgan fingerprint density at radius 1 is 0.552 bits per heavy atom. The van der Waals surface area contributed by atoms with Gasteiger partial charge in [0, 0.05) is 41.4 Å². The highest BCUT2D eigenvalue weighted by Gasteiger charge is 2.36. The Kier molecular flexibility index (Phi) is 12.9. The van der Waals surface area contributed by atoms with Gasteiger partial charge < -0.3 is 18.6 Å². The van der Waals surface area contributed by atoms with Crippen molar-refractivity contribution in [2.75, 3.05) is 0 Å². The molecule has 9 aromatic rings. The lowest BCUT2D eigenvalue weighted by molar-refractivity contribution is -0.139. The zero-order valence-electron chi connectivity index (χ0n) is 33.9. The van der Waals surface area contributed by atoms with E-state index in [1.165, 1.54) is 73.6 Å². The largest absolute Gasteiger partial charge is 0.438 e. The molecule has 0 saturated heterocycles. The fourth-order valence-electron chi connectivity index (χ4n) is 6.85. The number of ether oxygens (including phenoxy) is 2. The van der Waals surface area contributed by atoms with Crippen molar-refractivity contribution in [3.05, 3.63) is 206 Å². The summed E-state index contributed by atoms with van der Waals surface area (Å²) in [4.78, 5) is 44.0. The predicted octanol–water partition coefficient (Wildman–Crippen LogP) is 11.4. The molecular weight excluding hydrogens is 958 g/mol. The molecule has 0 unspecified atom stereocenters. The summed E-state index contributed by atoms with van der Waals surface area (Å²) in [5.41, 5.74) is 0.606. The van der Waals surface area contributed by atoms with Gasteiger partial charge in [-0.2, -0.15) is 36.3 Å². The highest BCUT2D eigenvalue weighted by molar-refractivity contribution is 9.10. The van der Waals surface area contributed by atoms with Crippen LogP contribution in [0.4, 0.5) is 35.1 Å². The van der Waals surface area contributed by atoms with Crippen molar-refractivity contribution in [3.8, 4) is 34.4 Å². The van der Waals surface area contributed by atoms with Crippen molar-refractivity contribution in [2.24, 2.45) is 0 Å². The molecule has 9 rings (SSSR count). The van der Waals surface area contributed by atoms with E-state index in [0.717, 1.165) is 41.0 Å². The quantitative estimate of drug-likeness (QED) is 0.130. The summed E-state index contributed by atoms with van der Waals surface area (Å²) in [6.45, 7) is 0.524. The third-order valence-electron chi connectivity index (χ3n) is 9.97. The average Bonchev–Trinajstić information content (AvgIpc) is 3.30. The summed E-state index contributed by atoms with van der Waals surface area (Å²) >= 11 is 3.30. The van der Waals surface area contributed by atoms with Crippen LogP contribution in [0, 0.1) is 11.6 Å². The van der Waals surface area contributed by atoms with Gasteiger partial charge in [-0.1, -0.05) is 34.1 Å². The first kappa shape index (κ1) is 45.7. The van der Waals surface area contributed by atoms with Gasteiger partial charge in [-0.3, -0.25) is 14.6 Å². The molecule has 11 nitrogen and oxygen atoms in total. The first-order valence-corrected chi connectivity index (χ1v) is 20.3. The molecule has 20 heteroatoms. The number of aromatic nitrogens is 7. The van der Waals surface area contributed by atoms with Gasteiger partial charge in [0.2, 0.25) is 11.8 Å². The minimum absolute atomic E-state index is 0.00109. The monoisotopic (exact) mass is 985 g/mol. The van der Waals surface area contributed by atoms with Gasteiger partial charge >= 0.3 is 12.4 Å². The van der Waals surface area contributed by atoms with E-state index in [9.17, 15) is 44.7 Å². The van der Waals surface area contributed by atoms with E-state index in [4.69, 9.17) is 9.47 Å². The lowest BCUT2D eigenvalue weighted by atomic mass is 10.0. The third-order valence-corrected chi connectivity index (χ3v) is 10.7. The molecule has 5 aromatic heterocycles. The van der Waals surface area contributed by atoms with Crippen molar-refractivity contribution in [2.45, 2.75) is 25.4 Å². The lowest BCUT2D eigenvalue weighted by Crippen LogP contribution is -2.14. The van der Waals surface area contributed by atoms with E-state index >= 15 is 0 Å². The van der Waals surface area contributed by atoms with Gasteiger partial charge in [-0.15, -0.1) is 0 Å². The second-order valence-electron chi connectivity index (χ2n) is 14.4. The topological polar surface area (TPSA) is 127 Å². The van der Waals surface area contributed by atoms with E-state index in [2.05, 4.69) is 40.8 Å². The second kappa shape index (κ2) is 18.9. The van der Waals surface area contributed by atoms with Crippen LogP contribution in [0.2, 0.25) is 0 Å². The Morgan fingerprint density at radius 2 is 1.04 bits per heavy atom. The van der Waals surface area contributed by atoms with Crippen molar-refractivity contribution < 1.29 is 44.6 Å². The fraction of sp³-hybridized carbons (Fsp3) is 0.0851. The molecule has 4 aromatic carbocycles. The molecule has 0 aliphatic heterocycles. The summed E-state index contributed by atoms with van der Waals surface area (Å²) in [6, 6.07) is 24.8. The standard InChI is InChI=1S/C26H16F4N4O2.C21H12BrF4N3O2/c27-18-6-5-17(20(11-18)16-3-1-9-31-13-16)14-34-15-33-24(35)21-12-19(7-8-23(21)34)36-25-22(26(28,29)30)4-2-10-32-25;22-17-8-13(23)4-3-12(17)10-29-11-28-19(30)15-9-14(5-6-18(15)29)31-20-16(21(24,25)26)2-1-7-27-20/h1-13,15H,14H2;1-9,11H,10H2. The highest BCUT2D eigenvalue weighted by Crippen LogP contribution is 2.38. The number of fused-ring (bicyclic) bond motifs is 2. The molecule has 0 aliphatic rings. The van der Waals surface area contributed by atoms with Crippen molar-refractivity contribution in [1.29, 1.82) is 0 Å². The number of alkyl halides is 6. The molecule has 0 spiro atoms.